The molecule has 0 spiro atoms. The van der Waals surface area contributed by atoms with E-state index in [1.165, 1.54) is 19.5 Å². The van der Waals surface area contributed by atoms with Crippen molar-refractivity contribution in [1.82, 2.24) is 24.9 Å². The minimum absolute atomic E-state index is 0.589. The van der Waals surface area contributed by atoms with Gasteiger partial charge in [0.15, 0.2) is 23.3 Å². The van der Waals surface area contributed by atoms with Crippen LogP contribution in [0.3, 0.4) is 0 Å². The zero-order chi connectivity index (χ0) is 37.5. The molecule has 5 aromatic heterocycles. The van der Waals surface area contributed by atoms with E-state index in [2.05, 4.69) is 103 Å². The lowest BCUT2D eigenvalue weighted by Gasteiger charge is -2.09. The van der Waals surface area contributed by atoms with Crippen molar-refractivity contribution in [3.8, 4) is 56.8 Å². The Morgan fingerprint density at radius 2 is 0.912 bits per heavy atom. The van der Waals surface area contributed by atoms with Crippen molar-refractivity contribution in [3.05, 3.63) is 164 Å². The maximum absolute atomic E-state index is 6.24. The van der Waals surface area contributed by atoms with Crippen LogP contribution in [-0.2, 0) is 0 Å². The van der Waals surface area contributed by atoms with Gasteiger partial charge in [-0.2, -0.15) is 0 Å². The Morgan fingerprint density at radius 3 is 1.72 bits per heavy atom. The molecule has 0 amide bonds. The summed E-state index contributed by atoms with van der Waals surface area (Å²) in [5, 5.41) is 5.62. The van der Waals surface area contributed by atoms with Crippen LogP contribution in [-0.4, -0.2) is 24.9 Å². The van der Waals surface area contributed by atoms with Crippen LogP contribution >= 0.6 is 22.7 Å². The first-order valence-corrected chi connectivity index (χ1v) is 20.3. The molecule has 266 valence electrons. The summed E-state index contributed by atoms with van der Waals surface area (Å²) in [5.74, 6) is 2.54. The van der Waals surface area contributed by atoms with Crippen molar-refractivity contribution in [2.24, 2.45) is 0 Å². The predicted molar refractivity (Wildman–Crippen MR) is 236 cm³/mol. The average molecular weight is 766 g/mol. The van der Waals surface area contributed by atoms with Gasteiger partial charge in [-0.3, -0.25) is 0 Å². The van der Waals surface area contributed by atoms with Crippen LogP contribution in [0.4, 0.5) is 0 Å². The van der Waals surface area contributed by atoms with E-state index in [-0.39, 0.29) is 0 Å². The van der Waals surface area contributed by atoms with E-state index in [1.807, 2.05) is 60.7 Å². The molecular weight excluding hydrogens is 739 g/mol. The molecule has 12 aromatic rings. The van der Waals surface area contributed by atoms with E-state index >= 15 is 0 Å². The van der Waals surface area contributed by atoms with Crippen molar-refractivity contribution in [3.63, 3.8) is 0 Å². The van der Waals surface area contributed by atoms with Crippen molar-refractivity contribution in [1.29, 1.82) is 0 Å². The number of rotatable bonds is 5. The van der Waals surface area contributed by atoms with E-state index in [0.29, 0.717) is 17.5 Å². The maximum atomic E-state index is 6.24. The van der Waals surface area contributed by atoms with E-state index in [0.717, 1.165) is 82.3 Å². The third-order valence-corrected chi connectivity index (χ3v) is 12.9. The molecule has 0 saturated heterocycles. The SMILES string of the molecule is c1ccc(-c2nc(-c3ccc4c(c3)oc3ccccc34)nc(-c3ccc4sc5cc(-c6nc(-c7ccccc7)c7sc8ccccc8c7n6)ccc5c4c3)n2)cc1. The van der Waals surface area contributed by atoms with Gasteiger partial charge < -0.3 is 4.42 Å². The molecule has 0 atom stereocenters. The van der Waals surface area contributed by atoms with Gasteiger partial charge in [-0.1, -0.05) is 115 Å². The van der Waals surface area contributed by atoms with Gasteiger partial charge in [-0.15, -0.1) is 22.7 Å². The Kier molecular flexibility index (Phi) is 7.17. The molecular formula is C49H27N5OS2. The second-order valence-corrected chi connectivity index (χ2v) is 16.2. The molecule has 5 heterocycles. The van der Waals surface area contributed by atoms with Gasteiger partial charge in [-0.05, 0) is 48.5 Å². The highest BCUT2D eigenvalue weighted by Crippen LogP contribution is 2.42. The van der Waals surface area contributed by atoms with E-state index in [1.54, 1.807) is 22.7 Å². The fourth-order valence-corrected chi connectivity index (χ4v) is 10.1. The lowest BCUT2D eigenvalue weighted by molar-refractivity contribution is 0.669. The van der Waals surface area contributed by atoms with Crippen molar-refractivity contribution < 1.29 is 4.42 Å². The van der Waals surface area contributed by atoms with Gasteiger partial charge >= 0.3 is 0 Å². The molecule has 7 aromatic carbocycles. The number of aromatic nitrogens is 5. The Balaban J connectivity index is 0.984. The summed E-state index contributed by atoms with van der Waals surface area (Å²) in [6, 6.07) is 56.3. The zero-order valence-electron chi connectivity index (χ0n) is 30.0. The number of hydrogen-bond acceptors (Lipinski definition) is 8. The first kappa shape index (κ1) is 32.1. The number of nitrogens with zero attached hydrogens (tertiary/aromatic N) is 5. The van der Waals surface area contributed by atoms with E-state index < -0.39 is 0 Å². The third-order valence-electron chi connectivity index (χ3n) is 10.6. The lowest BCUT2D eigenvalue weighted by atomic mass is 10.1. The highest BCUT2D eigenvalue weighted by molar-refractivity contribution is 7.26. The van der Waals surface area contributed by atoms with Crippen LogP contribution in [0, 0.1) is 0 Å². The van der Waals surface area contributed by atoms with Gasteiger partial charge in [-0.25, -0.2) is 24.9 Å². The molecule has 0 aliphatic heterocycles. The lowest BCUT2D eigenvalue weighted by Crippen LogP contribution is -2.00. The summed E-state index contributed by atoms with van der Waals surface area (Å²) in [6.07, 6.45) is 0. The fraction of sp³-hybridized carbons (Fsp3) is 0. The molecule has 0 unspecified atom stereocenters. The molecule has 12 rings (SSSR count). The summed E-state index contributed by atoms with van der Waals surface area (Å²) < 4.78 is 10.9. The average Bonchev–Trinajstić information content (AvgIpc) is 3.97. The van der Waals surface area contributed by atoms with Crippen LogP contribution in [0.2, 0.25) is 0 Å². The number of hydrogen-bond donors (Lipinski definition) is 0. The highest BCUT2D eigenvalue weighted by Gasteiger charge is 2.19. The van der Waals surface area contributed by atoms with Gasteiger partial charge in [0.2, 0.25) is 0 Å². The number of para-hydroxylation sites is 1. The van der Waals surface area contributed by atoms with Crippen LogP contribution in [0.1, 0.15) is 0 Å². The molecule has 0 N–H and O–H groups in total. The molecule has 8 heteroatoms. The smallest absolute Gasteiger partial charge is 0.164 e. The summed E-state index contributed by atoms with van der Waals surface area (Å²) in [5.41, 5.74) is 8.38. The molecule has 57 heavy (non-hydrogen) atoms. The maximum Gasteiger partial charge on any atom is 0.164 e. The van der Waals surface area contributed by atoms with E-state index in [9.17, 15) is 0 Å². The molecule has 0 aliphatic carbocycles. The highest BCUT2D eigenvalue weighted by atomic mass is 32.1. The molecule has 6 nitrogen and oxygen atoms in total. The van der Waals surface area contributed by atoms with Gasteiger partial charge in [0.1, 0.15) is 11.2 Å². The molecule has 0 bridgehead atoms. The molecule has 0 aliphatic rings. The molecule has 0 saturated carbocycles. The second kappa shape index (κ2) is 12.7. The molecule has 0 fully saturated rings. The minimum atomic E-state index is 0.589. The van der Waals surface area contributed by atoms with Gasteiger partial charge in [0.05, 0.1) is 15.9 Å². The Hall–Kier alpha value is -7.13. The summed E-state index contributed by atoms with van der Waals surface area (Å²) >= 11 is 3.52. The minimum Gasteiger partial charge on any atom is -0.456 e. The van der Waals surface area contributed by atoms with Crippen LogP contribution in [0.25, 0.3) is 119 Å². The third kappa shape index (κ3) is 5.33. The van der Waals surface area contributed by atoms with Crippen molar-refractivity contribution in [2.45, 2.75) is 0 Å². The number of thiophene rings is 2. The van der Waals surface area contributed by atoms with Gasteiger partial charge in [0.25, 0.3) is 0 Å². The first-order chi connectivity index (χ1) is 28.2. The number of benzene rings is 7. The normalized spacial score (nSPS) is 11.9. The van der Waals surface area contributed by atoms with Gasteiger partial charge in [0, 0.05) is 68.8 Å². The number of fused-ring (bicyclic) bond motifs is 9. The van der Waals surface area contributed by atoms with Crippen LogP contribution in [0.15, 0.2) is 168 Å². The second-order valence-electron chi connectivity index (χ2n) is 14.0. The summed E-state index contributed by atoms with van der Waals surface area (Å²) in [6.45, 7) is 0. The van der Waals surface area contributed by atoms with Crippen LogP contribution < -0.4 is 0 Å². The topological polar surface area (TPSA) is 77.6 Å². The predicted octanol–water partition coefficient (Wildman–Crippen LogP) is 13.6. The Bertz CT molecular complexity index is 3540. The quantitative estimate of drug-likeness (QED) is 0.174. The largest absolute Gasteiger partial charge is 0.456 e. The number of furan rings is 1. The monoisotopic (exact) mass is 765 g/mol. The van der Waals surface area contributed by atoms with Crippen LogP contribution in [0.5, 0.6) is 0 Å². The van der Waals surface area contributed by atoms with E-state index in [4.69, 9.17) is 29.3 Å². The summed E-state index contributed by atoms with van der Waals surface area (Å²) in [4.78, 5) is 25.5. The Morgan fingerprint density at radius 1 is 0.333 bits per heavy atom. The first-order valence-electron chi connectivity index (χ1n) is 18.7. The van der Waals surface area contributed by atoms with Crippen molar-refractivity contribution in [2.75, 3.05) is 0 Å². The van der Waals surface area contributed by atoms with Crippen molar-refractivity contribution >= 4 is 85.1 Å². The fourth-order valence-electron chi connectivity index (χ4n) is 7.78. The Labute approximate surface area is 333 Å². The standard InChI is InChI=1S/C49H27N5OS2/c1-3-11-28(12-4-1)43-45-44(36-16-8-10-18-40(36)57-45)51-47(50-43)32-20-23-35-37-25-30(21-24-41(37)56-42(35)27-32)48-52-46(29-13-5-2-6-14-29)53-49(54-48)31-19-22-34-33-15-7-9-17-38(33)55-39(34)26-31/h1-27H. The zero-order valence-corrected chi connectivity index (χ0v) is 31.7. The summed E-state index contributed by atoms with van der Waals surface area (Å²) in [7, 11) is 0. The molecule has 0 radical (unpaired) electrons.